The molecule has 484 valence electrons. The van der Waals surface area contributed by atoms with Crippen LogP contribution in [0.15, 0.2) is 133 Å². The molecule has 22 nitrogen and oxygen atoms in total. The van der Waals surface area contributed by atoms with E-state index in [1.54, 1.807) is 85.9 Å². The lowest BCUT2D eigenvalue weighted by Gasteiger charge is -2.36. The van der Waals surface area contributed by atoms with E-state index in [4.69, 9.17) is 23.7 Å². The van der Waals surface area contributed by atoms with Gasteiger partial charge in [-0.05, 0) is 123 Å². The molecule has 2 aliphatic rings. The number of benzene rings is 5. The van der Waals surface area contributed by atoms with Gasteiger partial charge in [0.15, 0.2) is 18.1 Å². The van der Waals surface area contributed by atoms with E-state index < -0.39 is 109 Å². The number of piperidine rings is 1. The Balaban J connectivity index is 1.21. The number of carbonyl (C=O) groups is 9. The number of cyclic esters (lactones) is 2. The number of phenolic OH excluding ortho intramolecular Hbond substituents is 2. The topological polar surface area (TPSA) is 277 Å². The molecule has 0 spiro atoms. The molecule has 5 aromatic rings. The van der Waals surface area contributed by atoms with Crippen LogP contribution in [0.3, 0.4) is 0 Å². The molecule has 4 N–H and O–H groups in total. The minimum atomic E-state index is -1.52. The Bertz CT molecular complexity index is 3400. The van der Waals surface area contributed by atoms with Crippen molar-refractivity contribution in [2.45, 2.75) is 108 Å². The molecular formula is C69H82N6O16. The Hall–Kier alpha value is -9.73. The van der Waals surface area contributed by atoms with Crippen LogP contribution in [0.1, 0.15) is 86.3 Å². The maximum Gasteiger partial charge on any atom is 0.330 e. The Labute approximate surface area is 530 Å². The predicted molar refractivity (Wildman–Crippen MR) is 336 cm³/mol. The molecule has 0 aliphatic carbocycles. The maximum atomic E-state index is 14.9. The van der Waals surface area contributed by atoms with Gasteiger partial charge in [-0.2, -0.15) is 0 Å². The van der Waals surface area contributed by atoms with Crippen LogP contribution < -0.4 is 24.8 Å². The first-order valence-electron chi connectivity index (χ1n) is 30.3. The Morgan fingerprint density at radius 2 is 1.31 bits per heavy atom. The molecule has 5 atom stereocenters. The highest BCUT2D eigenvalue weighted by Gasteiger charge is 2.43. The molecule has 7 rings (SSSR count). The van der Waals surface area contributed by atoms with Crippen LogP contribution in [0.5, 0.6) is 28.7 Å². The number of hydrogen-bond donors (Lipinski definition) is 4. The van der Waals surface area contributed by atoms with Crippen molar-refractivity contribution in [2.75, 3.05) is 68.2 Å². The van der Waals surface area contributed by atoms with Crippen LogP contribution in [0, 0.1) is 5.41 Å². The molecule has 6 amide bonds. The maximum absolute atomic E-state index is 14.9. The van der Waals surface area contributed by atoms with Gasteiger partial charge in [0.1, 0.15) is 48.4 Å². The molecular weight excluding hydrogens is 1170 g/mol. The molecule has 1 saturated heterocycles. The summed E-state index contributed by atoms with van der Waals surface area (Å²) in [6.07, 6.45) is 3.96. The van der Waals surface area contributed by atoms with Gasteiger partial charge in [-0.15, -0.1) is 0 Å². The first-order chi connectivity index (χ1) is 43.5. The van der Waals surface area contributed by atoms with Crippen LogP contribution in [-0.2, 0) is 78.3 Å². The number of allylic oxidation sites excluding steroid dienone is 1. The zero-order valence-corrected chi connectivity index (χ0v) is 52.6. The van der Waals surface area contributed by atoms with Crippen molar-refractivity contribution in [3.8, 4) is 28.7 Å². The highest BCUT2D eigenvalue weighted by molar-refractivity contribution is 6.38. The molecule has 0 unspecified atom stereocenters. The molecule has 2 aliphatic heterocycles. The van der Waals surface area contributed by atoms with Gasteiger partial charge >= 0.3 is 11.9 Å². The van der Waals surface area contributed by atoms with Crippen LogP contribution in [0.4, 0.5) is 0 Å². The molecule has 91 heavy (non-hydrogen) atoms. The number of esters is 2. The number of nitrogens with zero attached hydrogens (tertiary/aromatic N) is 4. The van der Waals surface area contributed by atoms with E-state index in [-0.39, 0.29) is 80.4 Å². The minimum absolute atomic E-state index is 0.0152. The van der Waals surface area contributed by atoms with E-state index in [9.17, 15) is 53.4 Å². The number of aryl methyl sites for hydroxylation is 1. The van der Waals surface area contributed by atoms with Crippen LogP contribution in [0.25, 0.3) is 0 Å². The Morgan fingerprint density at radius 1 is 0.659 bits per heavy atom. The number of amides is 6. The number of aromatic hydroxyl groups is 2. The average Bonchev–Trinajstić information content (AvgIpc) is 1.22. The van der Waals surface area contributed by atoms with Crippen LogP contribution >= 0.6 is 0 Å². The van der Waals surface area contributed by atoms with Crippen molar-refractivity contribution in [1.82, 2.24) is 30.2 Å². The second-order valence-electron chi connectivity index (χ2n) is 23.5. The molecule has 0 saturated carbocycles. The summed E-state index contributed by atoms with van der Waals surface area (Å²) in [5.74, 6) is -6.19. The van der Waals surface area contributed by atoms with Crippen molar-refractivity contribution in [1.29, 1.82) is 0 Å². The fourth-order valence-electron chi connectivity index (χ4n) is 10.8. The van der Waals surface area contributed by atoms with Crippen molar-refractivity contribution >= 4 is 53.2 Å². The fourth-order valence-corrected chi connectivity index (χ4v) is 10.8. The zero-order chi connectivity index (χ0) is 65.8. The molecule has 0 radical (unpaired) electrons. The van der Waals surface area contributed by atoms with Gasteiger partial charge in [-0.25, -0.2) is 9.59 Å². The second kappa shape index (κ2) is 32.7. The monoisotopic (exact) mass is 1250 g/mol. The van der Waals surface area contributed by atoms with Crippen molar-refractivity contribution < 1.29 is 77.0 Å². The predicted octanol–water partition coefficient (Wildman–Crippen LogP) is 6.02. The van der Waals surface area contributed by atoms with E-state index in [2.05, 4.69) is 10.6 Å². The lowest BCUT2D eigenvalue weighted by Crippen LogP contribution is -2.57. The number of likely N-dealkylation sites (N-methyl/N-ethyl adjacent to an activating group) is 3. The number of ether oxygens (including phenoxy) is 5. The number of Topliss-reactive ketones (excluding diaryl/α,β-unsaturated/α-hetero) is 1. The summed E-state index contributed by atoms with van der Waals surface area (Å²) < 4.78 is 28.8. The average molecular weight is 1250 g/mol. The second-order valence-corrected chi connectivity index (χ2v) is 23.5. The summed E-state index contributed by atoms with van der Waals surface area (Å²) >= 11 is 0. The summed E-state index contributed by atoms with van der Waals surface area (Å²) in [6.45, 7) is 1.63. The van der Waals surface area contributed by atoms with Crippen molar-refractivity contribution in [3.05, 3.63) is 161 Å². The van der Waals surface area contributed by atoms with E-state index in [0.717, 1.165) is 10.5 Å². The summed E-state index contributed by atoms with van der Waals surface area (Å²) in [5, 5.41) is 26.7. The van der Waals surface area contributed by atoms with E-state index in [1.807, 2.05) is 30.3 Å². The Kier molecular flexibility index (Phi) is 24.7. The number of rotatable bonds is 11. The third-order valence-corrected chi connectivity index (χ3v) is 16.1. The van der Waals surface area contributed by atoms with Gasteiger partial charge in [-0.1, -0.05) is 91.0 Å². The number of ketones is 1. The molecule has 5 aromatic carbocycles. The van der Waals surface area contributed by atoms with E-state index in [0.29, 0.717) is 47.9 Å². The molecule has 22 heteroatoms. The minimum Gasteiger partial charge on any atom is -0.508 e. The summed E-state index contributed by atoms with van der Waals surface area (Å²) in [4.78, 5) is 133. The zero-order valence-electron chi connectivity index (χ0n) is 52.6. The summed E-state index contributed by atoms with van der Waals surface area (Å²) in [5.41, 5.74) is 1.48. The summed E-state index contributed by atoms with van der Waals surface area (Å²) in [6, 6.07) is 28.9. The SMILES string of the molecule is COc1cc(CC[C@H]2OC(=O)[C@@H]3CCCCN3C(=O)C(=O)C(C)(C)COC(=O)/C=C/CCCN(C)C(=O)[C@@H](Cc3ccccc3)NC(=O)CN(C)C(=O)[C@@H](Cc3ccccc3)NC(=O)[C@H](Cc3ccc(O)cc3)N(C)C(=O)COc3cccc2c3)cc(O)c1OC. The van der Waals surface area contributed by atoms with Gasteiger partial charge < -0.3 is 64.1 Å². The molecule has 0 aromatic heterocycles. The third-order valence-electron chi connectivity index (χ3n) is 16.1. The number of nitrogens with one attached hydrogen (secondary N) is 2. The van der Waals surface area contributed by atoms with Gasteiger partial charge in [0.05, 0.1) is 26.2 Å². The van der Waals surface area contributed by atoms with Crippen molar-refractivity contribution in [3.63, 3.8) is 0 Å². The van der Waals surface area contributed by atoms with Crippen molar-refractivity contribution in [2.24, 2.45) is 5.41 Å². The lowest BCUT2D eigenvalue weighted by molar-refractivity contribution is -0.165. The van der Waals surface area contributed by atoms with Crippen LogP contribution in [-0.4, -0.2) is 175 Å². The molecule has 2 heterocycles. The first-order valence-corrected chi connectivity index (χ1v) is 30.3. The van der Waals surface area contributed by atoms with Gasteiger partial charge in [0.25, 0.3) is 11.8 Å². The van der Waals surface area contributed by atoms with E-state index >= 15 is 0 Å². The number of phenols is 2. The molecule has 1 fully saturated rings. The van der Waals surface area contributed by atoms with Gasteiger partial charge in [0.2, 0.25) is 35.2 Å². The highest BCUT2D eigenvalue weighted by atomic mass is 16.5. The smallest absolute Gasteiger partial charge is 0.330 e. The number of methoxy groups -OCH3 is 2. The van der Waals surface area contributed by atoms with E-state index in [1.165, 1.54) is 81.1 Å². The third kappa shape index (κ3) is 19.4. The van der Waals surface area contributed by atoms with Gasteiger partial charge in [0, 0.05) is 59.6 Å². The van der Waals surface area contributed by atoms with Crippen LogP contribution in [0.2, 0.25) is 0 Å². The Morgan fingerprint density at radius 3 is 1.97 bits per heavy atom. The fraction of sp³-hybridized carbons (Fsp3) is 0.406. The number of fused-ring (bicyclic) bond motifs is 3. The highest BCUT2D eigenvalue weighted by Crippen LogP contribution is 2.39. The molecule has 2 bridgehead atoms. The summed E-state index contributed by atoms with van der Waals surface area (Å²) in [7, 11) is 7.22. The van der Waals surface area contributed by atoms with Gasteiger partial charge in [-0.3, -0.25) is 33.6 Å². The largest absolute Gasteiger partial charge is 0.508 e. The normalized spacial score (nSPS) is 21.4. The number of carbonyl (C=O) groups excluding carboxylic acids is 9. The quantitative estimate of drug-likeness (QED) is 0.0869. The lowest BCUT2D eigenvalue weighted by atomic mass is 9.87. The first kappa shape index (κ1) is 68.8. The standard InChI is InChI=1S/C69H82N6O16/c1-69(2)44-90-61(80)27-15-10-17-34-72(3)65(83)52(36-45-20-11-8-12-21-45)70-59(78)42-73(4)66(84)53(37-46-22-13-9-14-23-46)71-64(82)55(38-47-28-31-50(76)32-29-47)74(5)60(79)43-89-51-25-19-24-49(41-51)57(33-30-48-39-56(77)62(88-7)58(40-48)87-6)91-68(86)54-26-16-18-35-75(54)67(85)63(69)81/h8-9,11-15,19-25,27-29,31-32,39-41,52-55,57,76-77H,10,16-18,26,30,33-38,42-44H2,1-7H3,(H,70,78)(H,71,82)/b27-15+/t52-,53-,54+,55+,57-/m1/s1. The number of hydrogen-bond acceptors (Lipinski definition) is 16.